The minimum atomic E-state index is 0.0728. The van der Waals surface area contributed by atoms with Crippen molar-refractivity contribution in [2.24, 2.45) is 17.8 Å². The average molecular weight is 254 g/mol. The predicted molar refractivity (Wildman–Crippen MR) is 70.8 cm³/mol. The fraction of sp³-hybridized carbons (Fsp3) is 0.923. The van der Waals surface area contributed by atoms with Crippen LogP contribution in [-0.2, 0) is 4.79 Å². The monoisotopic (exact) mass is 254 g/mol. The normalized spacial score (nSPS) is 39.8. The fourth-order valence-electron chi connectivity index (χ4n) is 3.86. The topological polar surface area (TPSA) is 32.3 Å². The molecular formula is C13H22N2OS. The Morgan fingerprint density at radius 3 is 2.88 bits per heavy atom. The molecule has 1 aliphatic heterocycles. The van der Waals surface area contributed by atoms with Crippen LogP contribution >= 0.6 is 11.8 Å². The van der Waals surface area contributed by atoms with Gasteiger partial charge in [0.2, 0.25) is 5.91 Å². The van der Waals surface area contributed by atoms with Gasteiger partial charge in [-0.2, -0.15) is 0 Å². The van der Waals surface area contributed by atoms with E-state index >= 15 is 0 Å². The summed E-state index contributed by atoms with van der Waals surface area (Å²) in [6.07, 6.45) is 5.66. The Morgan fingerprint density at radius 2 is 2.29 bits per heavy atom. The van der Waals surface area contributed by atoms with Crippen LogP contribution < -0.4 is 5.32 Å². The van der Waals surface area contributed by atoms with Crippen LogP contribution in [0.2, 0.25) is 0 Å². The van der Waals surface area contributed by atoms with E-state index < -0.39 is 0 Å². The summed E-state index contributed by atoms with van der Waals surface area (Å²) >= 11 is 1.82. The Balaban J connectivity index is 1.52. The zero-order chi connectivity index (χ0) is 11.8. The van der Waals surface area contributed by atoms with Crippen molar-refractivity contribution < 1.29 is 4.79 Å². The van der Waals surface area contributed by atoms with Crippen molar-refractivity contribution >= 4 is 17.7 Å². The van der Waals surface area contributed by atoms with Crippen LogP contribution in [-0.4, -0.2) is 42.1 Å². The molecule has 0 aromatic rings. The van der Waals surface area contributed by atoms with Gasteiger partial charge in [-0.1, -0.05) is 6.42 Å². The van der Waals surface area contributed by atoms with Crippen LogP contribution in [0.15, 0.2) is 0 Å². The van der Waals surface area contributed by atoms with Gasteiger partial charge in [-0.15, -0.1) is 11.8 Å². The van der Waals surface area contributed by atoms with Crippen molar-refractivity contribution in [1.82, 2.24) is 10.2 Å². The van der Waals surface area contributed by atoms with Crippen molar-refractivity contribution in [3.63, 3.8) is 0 Å². The summed E-state index contributed by atoms with van der Waals surface area (Å²) in [5.41, 5.74) is 0. The van der Waals surface area contributed by atoms with Gasteiger partial charge in [0.05, 0.1) is 6.04 Å². The molecule has 1 N–H and O–H groups in total. The number of carbonyl (C=O) groups is 1. The van der Waals surface area contributed by atoms with E-state index in [0.29, 0.717) is 5.91 Å². The first-order chi connectivity index (χ1) is 8.24. The second-order valence-corrected chi connectivity index (χ2v) is 6.96. The van der Waals surface area contributed by atoms with Gasteiger partial charge < -0.3 is 4.90 Å². The lowest BCUT2D eigenvalue weighted by Crippen LogP contribution is -2.45. The Morgan fingerprint density at radius 1 is 1.41 bits per heavy atom. The quantitative estimate of drug-likeness (QED) is 0.829. The van der Waals surface area contributed by atoms with Crippen LogP contribution in [0.3, 0.4) is 0 Å². The molecule has 0 radical (unpaired) electrons. The highest BCUT2D eigenvalue weighted by atomic mass is 32.2. The third-order valence-corrected chi connectivity index (χ3v) is 5.72. The van der Waals surface area contributed by atoms with Crippen LogP contribution in [0.1, 0.15) is 25.7 Å². The molecular weight excluding hydrogens is 232 g/mol. The third kappa shape index (κ3) is 2.34. The first kappa shape index (κ1) is 11.8. The molecule has 1 heterocycles. The van der Waals surface area contributed by atoms with Gasteiger partial charge in [-0.25, -0.2) is 0 Å². The van der Waals surface area contributed by atoms with Gasteiger partial charge in [-0.05, 0) is 37.0 Å². The van der Waals surface area contributed by atoms with E-state index in [4.69, 9.17) is 0 Å². The first-order valence-electron chi connectivity index (χ1n) is 6.80. The van der Waals surface area contributed by atoms with Crippen LogP contribution in [0.5, 0.6) is 0 Å². The molecule has 0 spiro atoms. The van der Waals surface area contributed by atoms with Crippen molar-refractivity contribution in [3.8, 4) is 0 Å². The molecule has 96 valence electrons. The van der Waals surface area contributed by atoms with Gasteiger partial charge in [0, 0.05) is 25.2 Å². The van der Waals surface area contributed by atoms with E-state index in [1.165, 1.54) is 25.7 Å². The molecule has 3 rings (SSSR count). The maximum absolute atomic E-state index is 12.2. The van der Waals surface area contributed by atoms with E-state index in [1.807, 2.05) is 23.7 Å². The largest absolute Gasteiger partial charge is 0.344 e. The van der Waals surface area contributed by atoms with E-state index in [1.54, 1.807) is 0 Å². The van der Waals surface area contributed by atoms with Crippen molar-refractivity contribution in [3.05, 3.63) is 0 Å². The number of nitrogens with zero attached hydrogens (tertiary/aromatic N) is 1. The van der Waals surface area contributed by atoms with Gasteiger partial charge >= 0.3 is 0 Å². The molecule has 0 aromatic carbocycles. The summed E-state index contributed by atoms with van der Waals surface area (Å²) in [5, 5.41) is 3.27. The molecule has 17 heavy (non-hydrogen) atoms. The predicted octanol–water partition coefficient (Wildman–Crippen LogP) is 1.54. The molecule has 3 nitrogen and oxygen atoms in total. The average Bonchev–Trinajstić information content (AvgIpc) is 3.04. The van der Waals surface area contributed by atoms with Crippen molar-refractivity contribution in [2.75, 3.05) is 25.2 Å². The SMILES string of the molecule is CN(CC1CC2CCC1C2)C(=O)C1CSCN1. The summed E-state index contributed by atoms with van der Waals surface area (Å²) in [6.45, 7) is 0.989. The number of fused-ring (bicyclic) bond motifs is 2. The summed E-state index contributed by atoms with van der Waals surface area (Å²) < 4.78 is 0. The summed E-state index contributed by atoms with van der Waals surface area (Å²) in [6, 6.07) is 0.0728. The van der Waals surface area contributed by atoms with Gasteiger partial charge in [0.1, 0.15) is 0 Å². The van der Waals surface area contributed by atoms with Crippen LogP contribution in [0, 0.1) is 17.8 Å². The number of thioether (sulfide) groups is 1. The number of hydrogen-bond acceptors (Lipinski definition) is 3. The molecule has 2 saturated carbocycles. The zero-order valence-electron chi connectivity index (χ0n) is 10.5. The first-order valence-corrected chi connectivity index (χ1v) is 7.95. The fourth-order valence-corrected chi connectivity index (χ4v) is 4.79. The number of carbonyl (C=O) groups excluding carboxylic acids is 1. The summed E-state index contributed by atoms with van der Waals surface area (Å²) in [7, 11) is 1.99. The Bertz CT molecular complexity index is 304. The maximum Gasteiger partial charge on any atom is 0.240 e. The minimum Gasteiger partial charge on any atom is -0.344 e. The molecule has 0 aromatic heterocycles. The second kappa shape index (κ2) is 4.81. The molecule has 2 bridgehead atoms. The van der Waals surface area contributed by atoms with Crippen LogP contribution in [0.25, 0.3) is 0 Å². The highest BCUT2D eigenvalue weighted by Gasteiger charge is 2.40. The van der Waals surface area contributed by atoms with Gasteiger partial charge in [0.15, 0.2) is 0 Å². The number of hydrogen-bond donors (Lipinski definition) is 1. The van der Waals surface area contributed by atoms with E-state index in [2.05, 4.69) is 5.32 Å². The maximum atomic E-state index is 12.2. The highest BCUT2D eigenvalue weighted by molar-refractivity contribution is 7.99. The van der Waals surface area contributed by atoms with Crippen molar-refractivity contribution in [2.45, 2.75) is 31.7 Å². The lowest BCUT2D eigenvalue weighted by atomic mass is 9.88. The standard InChI is InChI=1S/C13H22N2OS/c1-15(13(16)12-7-17-8-14-12)6-11-5-9-2-3-10(11)4-9/h9-12,14H,2-8H2,1H3. The highest BCUT2D eigenvalue weighted by Crippen LogP contribution is 2.48. The van der Waals surface area contributed by atoms with E-state index in [9.17, 15) is 4.79 Å². The summed E-state index contributed by atoms with van der Waals surface area (Å²) in [5.74, 6) is 4.86. The number of likely N-dealkylation sites (N-methyl/N-ethyl adjacent to an activating group) is 1. The number of amides is 1. The molecule has 3 aliphatic rings. The van der Waals surface area contributed by atoms with E-state index in [0.717, 1.165) is 35.9 Å². The Hall–Kier alpha value is -0.220. The number of nitrogens with one attached hydrogen (secondary N) is 1. The Kier molecular flexibility index (Phi) is 3.35. The molecule has 3 fully saturated rings. The van der Waals surface area contributed by atoms with Gasteiger partial charge in [0.25, 0.3) is 0 Å². The third-order valence-electron chi connectivity index (χ3n) is 4.78. The second-order valence-electron chi connectivity index (χ2n) is 5.93. The summed E-state index contributed by atoms with van der Waals surface area (Å²) in [4.78, 5) is 14.2. The molecule has 1 amide bonds. The molecule has 4 heteroatoms. The van der Waals surface area contributed by atoms with Crippen molar-refractivity contribution in [1.29, 1.82) is 0 Å². The zero-order valence-corrected chi connectivity index (χ0v) is 11.3. The molecule has 2 aliphatic carbocycles. The molecule has 4 unspecified atom stereocenters. The molecule has 1 saturated heterocycles. The Labute approximate surface area is 108 Å². The number of rotatable bonds is 3. The van der Waals surface area contributed by atoms with Gasteiger partial charge in [-0.3, -0.25) is 10.1 Å². The lowest BCUT2D eigenvalue weighted by Gasteiger charge is -2.28. The lowest BCUT2D eigenvalue weighted by molar-refractivity contribution is -0.132. The molecule has 4 atom stereocenters. The minimum absolute atomic E-state index is 0.0728. The van der Waals surface area contributed by atoms with Crippen LogP contribution in [0.4, 0.5) is 0 Å². The smallest absolute Gasteiger partial charge is 0.240 e. The van der Waals surface area contributed by atoms with E-state index in [-0.39, 0.29) is 6.04 Å².